The van der Waals surface area contributed by atoms with Gasteiger partial charge in [0.1, 0.15) is 0 Å². The van der Waals surface area contributed by atoms with Crippen molar-refractivity contribution >= 4 is 11.6 Å². The molecule has 0 aliphatic rings. The van der Waals surface area contributed by atoms with Crippen molar-refractivity contribution in [3.63, 3.8) is 0 Å². The normalized spacial score (nSPS) is 13.9. The molecule has 1 aromatic carbocycles. The SMILES string of the molecule is CCC(NCC(F)(F)C(F)F)c1cccc(Cl)c1. The molecule has 0 saturated carbocycles. The first-order valence-electron chi connectivity index (χ1n) is 5.51. The monoisotopic (exact) mass is 283 g/mol. The number of hydrogen-bond acceptors (Lipinski definition) is 1. The van der Waals surface area contributed by atoms with Gasteiger partial charge in [0.05, 0.1) is 6.54 Å². The maximum absolute atomic E-state index is 12.8. The molecule has 1 unspecified atom stereocenters. The van der Waals surface area contributed by atoms with Crippen LogP contribution in [0.3, 0.4) is 0 Å². The van der Waals surface area contributed by atoms with Gasteiger partial charge in [0.2, 0.25) is 0 Å². The van der Waals surface area contributed by atoms with Gasteiger partial charge >= 0.3 is 12.3 Å². The minimum atomic E-state index is -4.02. The highest BCUT2D eigenvalue weighted by molar-refractivity contribution is 6.30. The molecule has 0 aliphatic carbocycles. The summed E-state index contributed by atoms with van der Waals surface area (Å²) in [5.41, 5.74) is 0.704. The first-order chi connectivity index (χ1) is 8.36. The topological polar surface area (TPSA) is 12.0 Å². The standard InChI is InChI=1S/C12H14ClF4N/c1-2-10(8-4-3-5-9(13)6-8)18-7-12(16,17)11(14)15/h3-6,10-11,18H,2,7H2,1H3. The molecular weight excluding hydrogens is 270 g/mol. The second kappa shape index (κ2) is 6.38. The summed E-state index contributed by atoms with van der Waals surface area (Å²) >= 11 is 5.79. The van der Waals surface area contributed by atoms with Crippen molar-refractivity contribution in [2.75, 3.05) is 6.54 Å². The van der Waals surface area contributed by atoms with Crippen molar-refractivity contribution in [1.29, 1.82) is 0 Å². The van der Waals surface area contributed by atoms with Gasteiger partial charge in [-0.1, -0.05) is 30.7 Å². The predicted molar refractivity (Wildman–Crippen MR) is 63.4 cm³/mol. The van der Waals surface area contributed by atoms with Gasteiger partial charge < -0.3 is 5.32 Å². The van der Waals surface area contributed by atoms with Crippen LogP contribution in [0.25, 0.3) is 0 Å². The Morgan fingerprint density at radius 2 is 2.00 bits per heavy atom. The summed E-state index contributed by atoms with van der Waals surface area (Å²) < 4.78 is 49.6. The zero-order valence-corrected chi connectivity index (χ0v) is 10.5. The lowest BCUT2D eigenvalue weighted by atomic mass is 10.0. The molecule has 18 heavy (non-hydrogen) atoms. The van der Waals surface area contributed by atoms with E-state index >= 15 is 0 Å². The Morgan fingerprint density at radius 3 is 2.50 bits per heavy atom. The van der Waals surface area contributed by atoms with Crippen molar-refractivity contribution in [1.82, 2.24) is 5.32 Å². The van der Waals surface area contributed by atoms with E-state index < -0.39 is 24.9 Å². The third-order valence-corrected chi connectivity index (χ3v) is 2.80. The summed E-state index contributed by atoms with van der Waals surface area (Å²) in [6.45, 7) is 0.717. The van der Waals surface area contributed by atoms with Crippen molar-refractivity contribution < 1.29 is 17.6 Å². The van der Waals surface area contributed by atoms with E-state index in [0.29, 0.717) is 17.0 Å². The molecule has 0 radical (unpaired) electrons. The minimum Gasteiger partial charge on any atom is -0.304 e. The van der Waals surface area contributed by atoms with Crippen LogP contribution >= 0.6 is 11.6 Å². The van der Waals surface area contributed by atoms with Crippen LogP contribution in [0.5, 0.6) is 0 Å². The van der Waals surface area contributed by atoms with Gasteiger partial charge in [-0.05, 0) is 24.1 Å². The molecule has 0 spiro atoms. The van der Waals surface area contributed by atoms with Crippen LogP contribution in [-0.2, 0) is 0 Å². The van der Waals surface area contributed by atoms with E-state index in [2.05, 4.69) is 5.32 Å². The summed E-state index contributed by atoms with van der Waals surface area (Å²) in [6.07, 6.45) is -3.17. The lowest BCUT2D eigenvalue weighted by molar-refractivity contribution is -0.126. The Bertz CT molecular complexity index is 384. The second-order valence-electron chi connectivity index (χ2n) is 3.96. The summed E-state index contributed by atoms with van der Waals surface area (Å²) in [5, 5.41) is 2.93. The maximum Gasteiger partial charge on any atom is 0.319 e. The van der Waals surface area contributed by atoms with E-state index in [0.717, 1.165) is 0 Å². The molecule has 0 amide bonds. The molecule has 0 saturated heterocycles. The number of hydrogen-bond donors (Lipinski definition) is 1. The molecule has 0 aliphatic heterocycles. The van der Waals surface area contributed by atoms with Crippen LogP contribution in [0, 0.1) is 0 Å². The van der Waals surface area contributed by atoms with Crippen LogP contribution in [0.4, 0.5) is 17.6 Å². The van der Waals surface area contributed by atoms with Crippen LogP contribution < -0.4 is 5.32 Å². The molecule has 0 bridgehead atoms. The van der Waals surface area contributed by atoms with Gasteiger partial charge in [-0.25, -0.2) is 8.78 Å². The lowest BCUT2D eigenvalue weighted by Gasteiger charge is -2.22. The van der Waals surface area contributed by atoms with Crippen molar-refractivity contribution in [2.45, 2.75) is 31.7 Å². The Morgan fingerprint density at radius 1 is 1.33 bits per heavy atom. The molecular formula is C12H14ClF4N. The van der Waals surface area contributed by atoms with Crippen LogP contribution in [-0.4, -0.2) is 18.9 Å². The van der Waals surface area contributed by atoms with Gasteiger partial charge in [0.25, 0.3) is 0 Å². The minimum absolute atomic E-state index is 0.423. The summed E-state index contributed by atoms with van der Waals surface area (Å²) in [5.74, 6) is -4.02. The average Bonchev–Trinajstić information content (AvgIpc) is 2.29. The predicted octanol–water partition coefficient (Wildman–Crippen LogP) is 4.28. The Kier molecular flexibility index (Phi) is 5.41. The molecule has 1 aromatic rings. The summed E-state index contributed by atoms with van der Waals surface area (Å²) in [6, 6.07) is 6.27. The van der Waals surface area contributed by atoms with E-state index in [9.17, 15) is 17.6 Å². The Balaban J connectivity index is 2.69. The molecule has 1 rings (SSSR count). The van der Waals surface area contributed by atoms with Crippen molar-refractivity contribution in [3.8, 4) is 0 Å². The lowest BCUT2D eigenvalue weighted by Crippen LogP contribution is -2.40. The fourth-order valence-electron chi connectivity index (χ4n) is 1.56. The third-order valence-electron chi connectivity index (χ3n) is 2.56. The fourth-order valence-corrected chi connectivity index (χ4v) is 1.76. The fraction of sp³-hybridized carbons (Fsp3) is 0.500. The van der Waals surface area contributed by atoms with Crippen LogP contribution in [0.2, 0.25) is 5.02 Å². The quantitative estimate of drug-likeness (QED) is 0.768. The highest BCUT2D eigenvalue weighted by Crippen LogP contribution is 2.25. The van der Waals surface area contributed by atoms with E-state index in [1.807, 2.05) is 0 Å². The highest BCUT2D eigenvalue weighted by Gasteiger charge is 2.40. The number of nitrogens with one attached hydrogen (secondary N) is 1. The number of benzene rings is 1. The molecule has 6 heteroatoms. The first-order valence-corrected chi connectivity index (χ1v) is 5.89. The highest BCUT2D eigenvalue weighted by atomic mass is 35.5. The van der Waals surface area contributed by atoms with E-state index in [-0.39, 0.29) is 0 Å². The largest absolute Gasteiger partial charge is 0.319 e. The molecule has 0 aromatic heterocycles. The van der Waals surface area contributed by atoms with Crippen LogP contribution in [0.1, 0.15) is 24.9 Å². The number of alkyl halides is 4. The second-order valence-corrected chi connectivity index (χ2v) is 4.39. The third kappa shape index (κ3) is 4.14. The van der Waals surface area contributed by atoms with Gasteiger partial charge in [-0.3, -0.25) is 0 Å². The van der Waals surface area contributed by atoms with E-state index in [1.165, 1.54) is 0 Å². The molecule has 102 valence electrons. The zero-order valence-electron chi connectivity index (χ0n) is 9.77. The van der Waals surface area contributed by atoms with Crippen molar-refractivity contribution in [3.05, 3.63) is 34.9 Å². The Hall–Kier alpha value is -0.810. The molecule has 0 fully saturated rings. The van der Waals surface area contributed by atoms with Gasteiger partial charge in [-0.15, -0.1) is 0 Å². The van der Waals surface area contributed by atoms with Gasteiger partial charge in [-0.2, -0.15) is 8.78 Å². The summed E-state index contributed by atoms with van der Waals surface area (Å²) in [7, 11) is 0. The average molecular weight is 284 g/mol. The van der Waals surface area contributed by atoms with Crippen LogP contribution in [0.15, 0.2) is 24.3 Å². The molecule has 1 N–H and O–H groups in total. The molecule has 1 atom stereocenters. The van der Waals surface area contributed by atoms with Gasteiger partial charge in [0, 0.05) is 11.1 Å². The number of halogens is 5. The zero-order chi connectivity index (χ0) is 13.8. The molecule has 0 heterocycles. The molecule has 1 nitrogen and oxygen atoms in total. The Labute approximate surface area is 108 Å². The smallest absolute Gasteiger partial charge is 0.304 e. The van der Waals surface area contributed by atoms with E-state index in [4.69, 9.17) is 11.6 Å². The number of rotatable bonds is 6. The van der Waals surface area contributed by atoms with Gasteiger partial charge in [0.15, 0.2) is 0 Å². The van der Waals surface area contributed by atoms with E-state index in [1.54, 1.807) is 31.2 Å². The summed E-state index contributed by atoms with van der Waals surface area (Å²) in [4.78, 5) is 0. The first kappa shape index (κ1) is 15.2. The maximum atomic E-state index is 12.8. The van der Waals surface area contributed by atoms with Crippen molar-refractivity contribution in [2.24, 2.45) is 0 Å².